The molecule has 1 fully saturated rings. The fourth-order valence-electron chi connectivity index (χ4n) is 3.85. The molecule has 0 spiro atoms. The van der Waals surface area contributed by atoms with E-state index in [1.54, 1.807) is 44.2 Å². The van der Waals surface area contributed by atoms with Gasteiger partial charge in [-0.15, -0.1) is 0 Å². The van der Waals surface area contributed by atoms with Crippen molar-refractivity contribution in [3.05, 3.63) is 71.8 Å². The van der Waals surface area contributed by atoms with E-state index >= 15 is 0 Å². The Balaban J connectivity index is 1.89. The minimum absolute atomic E-state index is 0.0314. The highest BCUT2D eigenvalue weighted by atomic mass is 19.4. The molecule has 2 aromatic carbocycles. The molecule has 0 aliphatic carbocycles. The minimum Gasteiger partial charge on any atom is -0.459 e. The number of carbonyl (C=O) groups is 2. The first-order chi connectivity index (χ1) is 14.6. The van der Waals surface area contributed by atoms with Gasteiger partial charge in [0.05, 0.1) is 6.04 Å². The highest BCUT2D eigenvalue weighted by Gasteiger charge is 2.70. The van der Waals surface area contributed by atoms with Gasteiger partial charge in [-0.3, -0.25) is 4.79 Å². The van der Waals surface area contributed by atoms with Gasteiger partial charge >= 0.3 is 12.1 Å². The van der Waals surface area contributed by atoms with Gasteiger partial charge in [-0.05, 0) is 11.5 Å². The number of benzene rings is 2. The van der Waals surface area contributed by atoms with Crippen LogP contribution in [0.1, 0.15) is 25.0 Å². The van der Waals surface area contributed by atoms with E-state index in [0.717, 1.165) is 17.6 Å². The Bertz CT molecular complexity index is 917. The SMILES string of the molecule is CO[C@@](C(=O)N1[C@H](C(=O)OCc2ccccc2)[C@H]1C(C)C)(c1ccccc1)C(F)(F)F. The van der Waals surface area contributed by atoms with E-state index in [-0.39, 0.29) is 18.1 Å². The van der Waals surface area contributed by atoms with Crippen molar-refractivity contribution >= 4 is 11.9 Å². The third kappa shape index (κ3) is 4.17. The molecule has 1 aliphatic heterocycles. The van der Waals surface area contributed by atoms with Crippen LogP contribution in [0.3, 0.4) is 0 Å². The van der Waals surface area contributed by atoms with Crippen molar-refractivity contribution in [2.75, 3.05) is 7.11 Å². The Morgan fingerprint density at radius 3 is 2.03 bits per heavy atom. The Hall–Kier alpha value is -2.87. The number of carbonyl (C=O) groups excluding carboxylic acids is 2. The summed E-state index contributed by atoms with van der Waals surface area (Å²) in [5, 5.41) is 0. The molecule has 0 bridgehead atoms. The van der Waals surface area contributed by atoms with E-state index in [2.05, 4.69) is 0 Å². The molecule has 3 rings (SSSR count). The first-order valence-electron chi connectivity index (χ1n) is 9.86. The van der Waals surface area contributed by atoms with Gasteiger partial charge in [-0.2, -0.15) is 13.2 Å². The van der Waals surface area contributed by atoms with Crippen molar-refractivity contribution in [2.45, 2.75) is 44.3 Å². The molecule has 0 radical (unpaired) electrons. The lowest BCUT2D eigenvalue weighted by molar-refractivity contribution is -0.268. The summed E-state index contributed by atoms with van der Waals surface area (Å²) >= 11 is 0. The molecule has 1 aliphatic rings. The number of rotatable bonds is 7. The normalized spacial score (nSPS) is 20.3. The monoisotopic (exact) mass is 435 g/mol. The van der Waals surface area contributed by atoms with E-state index < -0.39 is 35.7 Å². The van der Waals surface area contributed by atoms with Crippen LogP contribution in [0, 0.1) is 5.92 Å². The van der Waals surface area contributed by atoms with E-state index in [1.165, 1.54) is 24.3 Å². The largest absolute Gasteiger partial charge is 0.459 e. The third-order valence-electron chi connectivity index (χ3n) is 5.42. The molecule has 0 aromatic heterocycles. The molecule has 3 atom stereocenters. The van der Waals surface area contributed by atoms with Crippen molar-refractivity contribution in [1.82, 2.24) is 4.90 Å². The molecule has 166 valence electrons. The Morgan fingerprint density at radius 2 is 1.55 bits per heavy atom. The molecule has 8 heteroatoms. The number of hydrogen-bond acceptors (Lipinski definition) is 4. The lowest BCUT2D eigenvalue weighted by Crippen LogP contribution is -2.54. The number of amides is 1. The van der Waals surface area contributed by atoms with Gasteiger partial charge in [0.2, 0.25) is 0 Å². The molecule has 2 aromatic rings. The molecular weight excluding hydrogens is 411 g/mol. The van der Waals surface area contributed by atoms with Gasteiger partial charge < -0.3 is 14.4 Å². The van der Waals surface area contributed by atoms with Crippen molar-refractivity contribution in [2.24, 2.45) is 5.92 Å². The molecule has 31 heavy (non-hydrogen) atoms. The highest BCUT2D eigenvalue weighted by Crippen LogP contribution is 2.48. The third-order valence-corrected chi connectivity index (χ3v) is 5.42. The molecule has 0 N–H and O–H groups in total. The van der Waals surface area contributed by atoms with Crippen molar-refractivity contribution in [3.63, 3.8) is 0 Å². The number of nitrogens with zero attached hydrogens (tertiary/aromatic N) is 1. The summed E-state index contributed by atoms with van der Waals surface area (Å²) in [5.74, 6) is -2.32. The van der Waals surface area contributed by atoms with Crippen LogP contribution in [0.4, 0.5) is 13.2 Å². The number of halogens is 3. The summed E-state index contributed by atoms with van der Waals surface area (Å²) in [5.41, 5.74) is -2.82. The van der Waals surface area contributed by atoms with E-state index in [9.17, 15) is 22.8 Å². The maximum absolute atomic E-state index is 14.2. The van der Waals surface area contributed by atoms with Crippen LogP contribution in [0.15, 0.2) is 60.7 Å². The van der Waals surface area contributed by atoms with Gasteiger partial charge in [0.1, 0.15) is 6.61 Å². The predicted octanol–water partition coefficient (Wildman–Crippen LogP) is 4.07. The zero-order chi connectivity index (χ0) is 22.8. The van der Waals surface area contributed by atoms with Crippen LogP contribution in [-0.4, -0.2) is 42.1 Å². The number of hydrogen-bond donors (Lipinski definition) is 0. The first-order valence-corrected chi connectivity index (χ1v) is 9.86. The van der Waals surface area contributed by atoms with Crippen LogP contribution in [0.2, 0.25) is 0 Å². The quantitative estimate of drug-likeness (QED) is 0.486. The summed E-state index contributed by atoms with van der Waals surface area (Å²) in [4.78, 5) is 26.9. The van der Waals surface area contributed by atoms with Crippen molar-refractivity contribution in [3.8, 4) is 0 Å². The number of esters is 1. The lowest BCUT2D eigenvalue weighted by Gasteiger charge is -2.33. The zero-order valence-corrected chi connectivity index (χ0v) is 17.4. The number of methoxy groups -OCH3 is 1. The molecule has 1 heterocycles. The maximum atomic E-state index is 14.2. The van der Waals surface area contributed by atoms with Gasteiger partial charge in [0.15, 0.2) is 6.04 Å². The molecule has 5 nitrogen and oxygen atoms in total. The van der Waals surface area contributed by atoms with Gasteiger partial charge in [0, 0.05) is 12.7 Å². The topological polar surface area (TPSA) is 55.6 Å². The molecule has 0 saturated carbocycles. The Labute approximate surface area is 178 Å². The second-order valence-corrected chi connectivity index (χ2v) is 7.73. The van der Waals surface area contributed by atoms with E-state index in [4.69, 9.17) is 9.47 Å². The number of ether oxygens (including phenoxy) is 2. The van der Waals surface area contributed by atoms with Crippen LogP contribution in [0.5, 0.6) is 0 Å². The second-order valence-electron chi connectivity index (χ2n) is 7.73. The Kier molecular flexibility index (Phi) is 6.40. The van der Waals surface area contributed by atoms with Crippen molar-refractivity contribution in [1.29, 1.82) is 0 Å². The van der Waals surface area contributed by atoms with Gasteiger partial charge in [0.25, 0.3) is 11.5 Å². The maximum Gasteiger partial charge on any atom is 0.430 e. The smallest absolute Gasteiger partial charge is 0.430 e. The summed E-state index contributed by atoms with van der Waals surface area (Å²) in [6.07, 6.45) is -5.04. The number of alkyl halides is 3. The van der Waals surface area contributed by atoms with Gasteiger partial charge in [-0.25, -0.2) is 4.79 Å². The van der Waals surface area contributed by atoms with E-state index in [0.29, 0.717) is 0 Å². The van der Waals surface area contributed by atoms with E-state index in [1.807, 2.05) is 6.07 Å². The summed E-state index contributed by atoms with van der Waals surface area (Å²) in [6.45, 7) is 3.44. The van der Waals surface area contributed by atoms with Crippen LogP contribution < -0.4 is 0 Å². The molecule has 0 unspecified atom stereocenters. The second kappa shape index (κ2) is 8.70. The summed E-state index contributed by atoms with van der Waals surface area (Å²) in [7, 11) is 0.842. The average molecular weight is 435 g/mol. The van der Waals surface area contributed by atoms with Crippen LogP contribution in [0.25, 0.3) is 0 Å². The van der Waals surface area contributed by atoms with Gasteiger partial charge in [-0.1, -0.05) is 74.5 Å². The predicted molar refractivity (Wildman–Crippen MR) is 107 cm³/mol. The highest BCUT2D eigenvalue weighted by molar-refractivity contribution is 5.96. The zero-order valence-electron chi connectivity index (χ0n) is 17.4. The summed E-state index contributed by atoms with van der Waals surface area (Å²) < 4.78 is 52.9. The fraction of sp³-hybridized carbons (Fsp3) is 0.391. The average Bonchev–Trinajstić information content (AvgIpc) is 3.49. The first kappa shape index (κ1) is 22.8. The molecular formula is C23H24F3NO4. The minimum atomic E-state index is -5.04. The van der Waals surface area contributed by atoms with Crippen molar-refractivity contribution < 1.29 is 32.2 Å². The lowest BCUT2D eigenvalue weighted by atomic mass is 9.91. The van der Waals surface area contributed by atoms with Crippen LogP contribution >= 0.6 is 0 Å². The molecule has 1 amide bonds. The van der Waals surface area contributed by atoms with Crippen LogP contribution in [-0.2, 0) is 31.3 Å². The standard InChI is InChI=1S/C23H24F3NO4/c1-15(2)18-19(20(28)31-14-16-10-6-4-7-11-16)27(18)21(29)22(30-3,23(24,25)26)17-12-8-5-9-13-17/h4-13,15,18-19H,14H2,1-3H3/t18-,19+,22-,27?/m1/s1. The summed E-state index contributed by atoms with van der Waals surface area (Å²) in [6, 6.07) is 13.8. The molecule has 1 saturated heterocycles. The Morgan fingerprint density at radius 1 is 1.00 bits per heavy atom. The fourth-order valence-corrected chi connectivity index (χ4v) is 3.85.